The van der Waals surface area contributed by atoms with Gasteiger partial charge in [-0.2, -0.15) is 0 Å². The molecular formula is C19H18N6. The number of aromatic amines is 1. The number of rotatable bonds is 4. The highest BCUT2D eigenvalue weighted by Gasteiger charge is 2.09. The van der Waals surface area contributed by atoms with Crippen LogP contribution in [0.3, 0.4) is 0 Å². The largest absolute Gasteiger partial charge is 0.399 e. The zero-order valence-corrected chi connectivity index (χ0v) is 13.6. The average molecular weight is 330 g/mol. The number of fused-ring (bicyclic) bond motifs is 1. The molecule has 0 aliphatic carbocycles. The molecule has 2 aromatic heterocycles. The van der Waals surface area contributed by atoms with Crippen LogP contribution in [0.2, 0.25) is 0 Å². The van der Waals surface area contributed by atoms with Crippen molar-refractivity contribution in [1.29, 1.82) is 0 Å². The van der Waals surface area contributed by atoms with Crippen LogP contribution < -0.4 is 11.5 Å². The summed E-state index contributed by atoms with van der Waals surface area (Å²) in [5.74, 6) is 1.15. The Bertz CT molecular complexity index is 1020. The molecule has 0 saturated carbocycles. The second-order valence-electron chi connectivity index (χ2n) is 5.98. The van der Waals surface area contributed by atoms with Crippen LogP contribution in [-0.2, 0) is 12.8 Å². The number of hydrogen-bond donors (Lipinski definition) is 3. The summed E-state index contributed by atoms with van der Waals surface area (Å²) in [5.41, 5.74) is 17.2. The van der Waals surface area contributed by atoms with E-state index in [9.17, 15) is 0 Å². The van der Waals surface area contributed by atoms with Gasteiger partial charge in [0.2, 0.25) is 0 Å². The number of imidazole rings is 1. The fourth-order valence-corrected chi connectivity index (χ4v) is 2.85. The first-order valence-corrected chi connectivity index (χ1v) is 8.09. The number of benzene rings is 2. The van der Waals surface area contributed by atoms with Gasteiger partial charge in [-0.1, -0.05) is 36.4 Å². The Balaban J connectivity index is 1.52. The number of H-pyrrole nitrogens is 1. The molecule has 0 bridgehead atoms. The minimum absolute atomic E-state index is 0.405. The van der Waals surface area contributed by atoms with Crippen molar-refractivity contribution in [3.63, 3.8) is 0 Å². The number of anilines is 2. The number of nitrogens with two attached hydrogens (primary N) is 2. The van der Waals surface area contributed by atoms with Crippen molar-refractivity contribution in [3.8, 4) is 11.4 Å². The number of nitrogens with one attached hydrogen (secondary N) is 1. The lowest BCUT2D eigenvalue weighted by molar-refractivity contribution is 0.961. The van der Waals surface area contributed by atoms with Crippen LogP contribution in [0.1, 0.15) is 11.1 Å². The van der Waals surface area contributed by atoms with Crippen LogP contribution in [0.25, 0.3) is 22.6 Å². The van der Waals surface area contributed by atoms with Crippen molar-refractivity contribution in [1.82, 2.24) is 19.9 Å². The Hall–Kier alpha value is -3.41. The topological polar surface area (TPSA) is 106 Å². The zero-order valence-electron chi connectivity index (χ0n) is 13.6. The summed E-state index contributed by atoms with van der Waals surface area (Å²) in [6, 6.07) is 16.4. The fraction of sp³-hybridized carbons (Fsp3) is 0.105. The van der Waals surface area contributed by atoms with Crippen LogP contribution in [0, 0.1) is 0 Å². The van der Waals surface area contributed by atoms with Crippen molar-refractivity contribution in [2.24, 2.45) is 0 Å². The Labute approximate surface area is 145 Å². The van der Waals surface area contributed by atoms with E-state index in [0.717, 1.165) is 29.9 Å². The first kappa shape index (κ1) is 15.1. The van der Waals surface area contributed by atoms with Crippen LogP contribution in [-0.4, -0.2) is 19.9 Å². The molecule has 124 valence electrons. The highest BCUT2D eigenvalue weighted by molar-refractivity contribution is 5.84. The molecule has 0 unspecified atom stereocenters. The lowest BCUT2D eigenvalue weighted by Gasteiger charge is -2.04. The number of nitrogen functional groups attached to an aromatic ring is 2. The predicted molar refractivity (Wildman–Crippen MR) is 99.8 cm³/mol. The molecule has 0 fully saturated rings. The monoisotopic (exact) mass is 330 g/mol. The maximum absolute atomic E-state index is 5.85. The molecule has 5 N–H and O–H groups in total. The minimum atomic E-state index is 0.405. The Morgan fingerprint density at radius 3 is 2.44 bits per heavy atom. The van der Waals surface area contributed by atoms with Gasteiger partial charge in [0.25, 0.3) is 0 Å². The Morgan fingerprint density at radius 2 is 1.68 bits per heavy atom. The van der Waals surface area contributed by atoms with E-state index in [1.165, 1.54) is 17.5 Å². The first-order valence-electron chi connectivity index (χ1n) is 8.09. The van der Waals surface area contributed by atoms with E-state index in [4.69, 9.17) is 11.5 Å². The minimum Gasteiger partial charge on any atom is -0.399 e. The summed E-state index contributed by atoms with van der Waals surface area (Å²) >= 11 is 0. The number of aryl methyl sites for hydroxylation is 2. The maximum atomic E-state index is 5.85. The number of nitrogens with zero attached hydrogens (tertiary/aromatic N) is 3. The van der Waals surface area contributed by atoms with Crippen molar-refractivity contribution in [2.45, 2.75) is 12.8 Å². The van der Waals surface area contributed by atoms with Crippen molar-refractivity contribution >= 4 is 22.7 Å². The van der Waals surface area contributed by atoms with Crippen LogP contribution in [0.5, 0.6) is 0 Å². The van der Waals surface area contributed by atoms with Crippen molar-refractivity contribution in [2.75, 3.05) is 11.5 Å². The van der Waals surface area contributed by atoms with E-state index in [1.807, 2.05) is 18.2 Å². The van der Waals surface area contributed by atoms with E-state index in [1.54, 1.807) is 0 Å². The molecular weight excluding hydrogens is 312 g/mol. The molecule has 6 nitrogen and oxygen atoms in total. The quantitative estimate of drug-likeness (QED) is 0.499. The molecule has 0 aliphatic rings. The molecule has 2 aromatic carbocycles. The van der Waals surface area contributed by atoms with Gasteiger partial charge in [0.05, 0.1) is 0 Å². The van der Waals surface area contributed by atoms with E-state index in [-0.39, 0.29) is 0 Å². The molecule has 0 aliphatic heterocycles. The summed E-state index contributed by atoms with van der Waals surface area (Å²) in [6.07, 6.45) is 3.34. The smallest absolute Gasteiger partial charge is 0.183 e. The van der Waals surface area contributed by atoms with Crippen molar-refractivity contribution in [3.05, 3.63) is 66.0 Å². The van der Waals surface area contributed by atoms with Gasteiger partial charge in [0.15, 0.2) is 11.5 Å². The fourth-order valence-electron chi connectivity index (χ4n) is 2.85. The molecule has 4 rings (SSSR count). The third-order valence-electron chi connectivity index (χ3n) is 4.20. The molecule has 0 atom stereocenters. The van der Waals surface area contributed by atoms with E-state index < -0.39 is 0 Å². The molecule has 4 aromatic rings. The normalized spacial score (nSPS) is 11.0. The van der Waals surface area contributed by atoms with Crippen LogP contribution >= 0.6 is 0 Å². The highest BCUT2D eigenvalue weighted by Crippen LogP contribution is 2.22. The summed E-state index contributed by atoms with van der Waals surface area (Å²) in [4.78, 5) is 15.8. The number of hydrogen-bond acceptors (Lipinski definition) is 5. The summed E-state index contributed by atoms with van der Waals surface area (Å²) in [6.45, 7) is 0. The van der Waals surface area contributed by atoms with Crippen LogP contribution in [0.15, 0.2) is 54.9 Å². The summed E-state index contributed by atoms with van der Waals surface area (Å²) < 4.78 is 0. The first-order chi connectivity index (χ1) is 12.2. The molecule has 0 radical (unpaired) electrons. The second-order valence-corrected chi connectivity index (χ2v) is 5.98. The van der Waals surface area contributed by atoms with Gasteiger partial charge in [0.1, 0.15) is 17.7 Å². The molecule has 25 heavy (non-hydrogen) atoms. The average Bonchev–Trinajstić information content (AvgIpc) is 3.06. The Morgan fingerprint density at radius 1 is 0.880 bits per heavy atom. The summed E-state index contributed by atoms with van der Waals surface area (Å²) in [5, 5.41) is 0. The van der Waals surface area contributed by atoms with E-state index in [2.05, 4.69) is 50.3 Å². The molecule has 6 heteroatoms. The molecule has 0 spiro atoms. The Kier molecular flexibility index (Phi) is 3.78. The zero-order chi connectivity index (χ0) is 17.2. The van der Waals surface area contributed by atoms with Gasteiger partial charge in [0, 0.05) is 11.3 Å². The molecule has 0 saturated heterocycles. The summed E-state index contributed by atoms with van der Waals surface area (Å²) in [7, 11) is 0. The lowest BCUT2D eigenvalue weighted by atomic mass is 10.0. The van der Waals surface area contributed by atoms with Crippen LogP contribution in [0.4, 0.5) is 11.5 Å². The highest BCUT2D eigenvalue weighted by atomic mass is 15.0. The molecule has 2 heterocycles. The van der Waals surface area contributed by atoms with E-state index >= 15 is 0 Å². The molecule has 0 amide bonds. The van der Waals surface area contributed by atoms with Crippen molar-refractivity contribution < 1.29 is 0 Å². The SMILES string of the molecule is Nc1cccc(CCc2ccc(-c3nc4ncnc(N)c4[nH]3)cc2)c1. The maximum Gasteiger partial charge on any atom is 0.183 e. The van der Waals surface area contributed by atoms with Gasteiger partial charge >= 0.3 is 0 Å². The van der Waals surface area contributed by atoms with Gasteiger partial charge in [-0.05, 0) is 36.1 Å². The van der Waals surface area contributed by atoms with Gasteiger partial charge in [-0.15, -0.1) is 0 Å². The van der Waals surface area contributed by atoms with Gasteiger partial charge < -0.3 is 16.5 Å². The second kappa shape index (κ2) is 6.24. The lowest BCUT2D eigenvalue weighted by Crippen LogP contribution is -1.93. The predicted octanol–water partition coefficient (Wildman–Crippen LogP) is 2.97. The third-order valence-corrected chi connectivity index (χ3v) is 4.20. The standard InChI is InChI=1S/C19H18N6/c20-15-3-1-2-13(10-15)5-4-12-6-8-14(9-7-12)18-24-16-17(21)22-11-23-19(16)25-18/h1-3,6-11H,4-5,20H2,(H3,21,22,23,24,25). The third kappa shape index (κ3) is 3.14. The number of aromatic nitrogens is 4. The van der Waals surface area contributed by atoms with E-state index in [0.29, 0.717) is 17.0 Å². The van der Waals surface area contributed by atoms with Gasteiger partial charge in [-0.3, -0.25) is 0 Å². The van der Waals surface area contributed by atoms with Gasteiger partial charge in [-0.25, -0.2) is 15.0 Å².